The van der Waals surface area contributed by atoms with Crippen molar-refractivity contribution in [3.63, 3.8) is 0 Å². The molecule has 0 bridgehead atoms. The molecule has 0 saturated carbocycles. The fraction of sp³-hybridized carbons (Fsp3) is 0.286. The molecule has 0 amide bonds. The Labute approximate surface area is 199 Å². The van der Waals surface area contributed by atoms with Crippen molar-refractivity contribution in [1.82, 2.24) is 4.90 Å². The summed E-state index contributed by atoms with van der Waals surface area (Å²) in [4.78, 5) is 3.56. The lowest BCUT2D eigenvalue weighted by atomic mass is 10.1. The van der Waals surface area contributed by atoms with Crippen LogP contribution in [0.2, 0.25) is 0 Å². The Hall–Kier alpha value is -3.02. The number of fused-ring (bicyclic) bond motifs is 1. The molecule has 5 heteroatoms. The molecule has 0 atom stereocenters. The van der Waals surface area contributed by atoms with Crippen LogP contribution in [0.1, 0.15) is 25.7 Å². The fourth-order valence-electron chi connectivity index (χ4n) is 4.30. The molecule has 1 aliphatic rings. The van der Waals surface area contributed by atoms with Gasteiger partial charge in [-0.1, -0.05) is 25.0 Å². The highest BCUT2D eigenvalue weighted by molar-refractivity contribution is 7.22. The Kier molecular flexibility index (Phi) is 6.79. The molecular weight excluding hydrogens is 430 g/mol. The smallest absolute Gasteiger partial charge is 0.153 e. The van der Waals surface area contributed by atoms with Crippen LogP contribution in [-0.4, -0.2) is 36.2 Å². The molecule has 1 fully saturated rings. The van der Waals surface area contributed by atoms with E-state index in [1.807, 2.05) is 48.5 Å². The molecule has 5 rings (SSSR count). The summed E-state index contributed by atoms with van der Waals surface area (Å²) in [6.07, 6.45) is 5.31. The van der Waals surface area contributed by atoms with Gasteiger partial charge in [-0.2, -0.15) is 0 Å². The van der Waals surface area contributed by atoms with Gasteiger partial charge in [0.05, 0.1) is 4.88 Å². The molecule has 33 heavy (non-hydrogen) atoms. The lowest BCUT2D eigenvalue weighted by Crippen LogP contribution is -2.29. The number of nitrogens with zero attached hydrogens (tertiary/aromatic N) is 1. The summed E-state index contributed by atoms with van der Waals surface area (Å²) in [5, 5.41) is 10.8. The molecule has 170 valence electrons. The van der Waals surface area contributed by atoms with Crippen LogP contribution in [0.15, 0.2) is 72.8 Å². The van der Waals surface area contributed by atoms with Crippen molar-refractivity contribution in [2.45, 2.75) is 25.7 Å². The van der Waals surface area contributed by atoms with Crippen LogP contribution < -0.4 is 9.47 Å². The van der Waals surface area contributed by atoms with Crippen molar-refractivity contribution in [2.75, 3.05) is 26.2 Å². The van der Waals surface area contributed by atoms with E-state index in [0.29, 0.717) is 6.61 Å². The molecule has 0 radical (unpaired) electrons. The molecule has 1 aromatic heterocycles. The largest absolute Gasteiger partial charge is 0.508 e. The lowest BCUT2D eigenvalue weighted by molar-refractivity contribution is 0.214. The number of thiophene rings is 1. The van der Waals surface area contributed by atoms with Crippen LogP contribution in [-0.2, 0) is 0 Å². The second-order valence-corrected chi connectivity index (χ2v) is 9.53. The number of phenolic OH excluding ortho intramolecular Hbond substituents is 1. The van der Waals surface area contributed by atoms with Crippen LogP contribution in [0.5, 0.6) is 23.0 Å². The van der Waals surface area contributed by atoms with Gasteiger partial charge in [-0.05, 0) is 92.2 Å². The summed E-state index contributed by atoms with van der Waals surface area (Å²) in [7, 11) is 0. The van der Waals surface area contributed by atoms with Gasteiger partial charge in [0.15, 0.2) is 5.75 Å². The first-order valence-electron chi connectivity index (χ1n) is 11.7. The van der Waals surface area contributed by atoms with E-state index in [1.165, 1.54) is 43.5 Å². The minimum Gasteiger partial charge on any atom is -0.508 e. The zero-order valence-corrected chi connectivity index (χ0v) is 19.5. The number of hydrogen-bond acceptors (Lipinski definition) is 5. The van der Waals surface area contributed by atoms with Gasteiger partial charge in [0.25, 0.3) is 0 Å². The van der Waals surface area contributed by atoms with E-state index >= 15 is 0 Å². The first-order chi connectivity index (χ1) is 16.3. The summed E-state index contributed by atoms with van der Waals surface area (Å²) in [5.74, 6) is 2.74. The molecule has 1 N–H and O–H groups in total. The molecule has 0 spiro atoms. The van der Waals surface area contributed by atoms with Crippen molar-refractivity contribution < 1.29 is 14.6 Å². The Morgan fingerprint density at radius 2 is 1.48 bits per heavy atom. The van der Waals surface area contributed by atoms with E-state index in [-0.39, 0.29) is 5.75 Å². The number of hydrogen-bond donors (Lipinski definition) is 1. The third kappa shape index (κ3) is 5.32. The van der Waals surface area contributed by atoms with Crippen molar-refractivity contribution in [3.8, 4) is 33.4 Å². The Morgan fingerprint density at radius 1 is 0.788 bits per heavy atom. The van der Waals surface area contributed by atoms with Crippen LogP contribution in [0.4, 0.5) is 0 Å². The average molecular weight is 460 g/mol. The number of aromatic hydroxyl groups is 1. The first kappa shape index (κ1) is 21.8. The lowest BCUT2D eigenvalue weighted by Gasteiger charge is -2.19. The summed E-state index contributed by atoms with van der Waals surface area (Å²) >= 11 is 1.70. The minimum atomic E-state index is 0.258. The first-order valence-corrected chi connectivity index (χ1v) is 12.5. The second-order valence-electron chi connectivity index (χ2n) is 8.48. The standard InChI is InChI=1S/C28H29NO3S/c30-22-11-9-21(10-12-22)28-27(25-7-3-4-8-26(25)33-28)32-24-15-13-23(14-16-24)31-20-19-29-17-5-1-2-6-18-29/h3-4,7-16,30H,1-2,5-6,17-20H2. The molecule has 1 saturated heterocycles. The summed E-state index contributed by atoms with van der Waals surface area (Å²) in [5.41, 5.74) is 1.03. The zero-order chi connectivity index (χ0) is 22.5. The van der Waals surface area contributed by atoms with Crippen LogP contribution in [0.25, 0.3) is 20.5 Å². The number of benzene rings is 3. The zero-order valence-electron chi connectivity index (χ0n) is 18.7. The molecule has 4 aromatic rings. The van der Waals surface area contributed by atoms with Gasteiger partial charge in [0.1, 0.15) is 23.9 Å². The van der Waals surface area contributed by atoms with Crippen LogP contribution in [0, 0.1) is 0 Å². The second kappa shape index (κ2) is 10.3. The summed E-state index contributed by atoms with van der Waals surface area (Å²) in [6, 6.07) is 23.4. The van der Waals surface area contributed by atoms with Crippen LogP contribution in [0.3, 0.4) is 0 Å². The number of rotatable bonds is 7. The van der Waals surface area contributed by atoms with E-state index in [0.717, 1.165) is 39.6 Å². The number of phenols is 1. The molecule has 2 heterocycles. The van der Waals surface area contributed by atoms with Crippen molar-refractivity contribution >= 4 is 21.4 Å². The van der Waals surface area contributed by atoms with Gasteiger partial charge in [0.2, 0.25) is 0 Å². The SMILES string of the molecule is Oc1ccc(-c2sc3ccccc3c2Oc2ccc(OCCN3CCCCCC3)cc2)cc1. The van der Waals surface area contributed by atoms with Crippen molar-refractivity contribution in [1.29, 1.82) is 0 Å². The van der Waals surface area contributed by atoms with E-state index in [2.05, 4.69) is 17.0 Å². The van der Waals surface area contributed by atoms with Crippen molar-refractivity contribution in [3.05, 3.63) is 72.8 Å². The highest BCUT2D eigenvalue weighted by atomic mass is 32.1. The van der Waals surface area contributed by atoms with Crippen LogP contribution >= 0.6 is 11.3 Å². The Bertz CT molecular complexity index is 1180. The van der Waals surface area contributed by atoms with Gasteiger partial charge in [0, 0.05) is 16.6 Å². The van der Waals surface area contributed by atoms with Gasteiger partial charge < -0.3 is 14.6 Å². The summed E-state index contributed by atoms with van der Waals surface area (Å²) < 4.78 is 13.6. The predicted octanol–water partition coefficient (Wildman–Crippen LogP) is 7.32. The average Bonchev–Trinajstić information content (AvgIpc) is 3.01. The Morgan fingerprint density at radius 3 is 2.24 bits per heavy atom. The maximum absolute atomic E-state index is 9.68. The molecule has 3 aromatic carbocycles. The molecule has 4 nitrogen and oxygen atoms in total. The predicted molar refractivity (Wildman–Crippen MR) is 136 cm³/mol. The Balaban J connectivity index is 1.29. The highest BCUT2D eigenvalue weighted by Crippen LogP contribution is 2.46. The fourth-order valence-corrected chi connectivity index (χ4v) is 5.44. The van der Waals surface area contributed by atoms with Gasteiger partial charge in [-0.25, -0.2) is 0 Å². The van der Waals surface area contributed by atoms with Gasteiger partial charge in [-0.15, -0.1) is 11.3 Å². The maximum Gasteiger partial charge on any atom is 0.153 e. The topological polar surface area (TPSA) is 41.9 Å². The molecule has 0 unspecified atom stereocenters. The van der Waals surface area contributed by atoms with Gasteiger partial charge in [-0.3, -0.25) is 4.90 Å². The van der Waals surface area contributed by atoms with E-state index in [1.54, 1.807) is 23.5 Å². The number of likely N-dealkylation sites (tertiary alicyclic amines) is 1. The number of ether oxygens (including phenoxy) is 2. The van der Waals surface area contributed by atoms with E-state index in [4.69, 9.17) is 9.47 Å². The van der Waals surface area contributed by atoms with Crippen molar-refractivity contribution in [2.24, 2.45) is 0 Å². The van der Waals surface area contributed by atoms with E-state index < -0.39 is 0 Å². The van der Waals surface area contributed by atoms with E-state index in [9.17, 15) is 5.11 Å². The quantitative estimate of drug-likeness (QED) is 0.314. The minimum absolute atomic E-state index is 0.258. The highest BCUT2D eigenvalue weighted by Gasteiger charge is 2.16. The third-order valence-electron chi connectivity index (χ3n) is 6.10. The normalized spacial score (nSPS) is 14.8. The van der Waals surface area contributed by atoms with Gasteiger partial charge >= 0.3 is 0 Å². The maximum atomic E-state index is 9.68. The monoisotopic (exact) mass is 459 g/mol. The molecular formula is C28H29NO3S. The summed E-state index contributed by atoms with van der Waals surface area (Å²) in [6.45, 7) is 4.07. The molecule has 1 aliphatic heterocycles. The molecule has 0 aliphatic carbocycles. The third-order valence-corrected chi connectivity index (χ3v) is 7.30.